The van der Waals surface area contributed by atoms with Gasteiger partial charge in [0.1, 0.15) is 46.8 Å². The lowest BCUT2D eigenvalue weighted by atomic mass is 10.1. The topological polar surface area (TPSA) is 123 Å². The second-order valence-corrected chi connectivity index (χ2v) is 8.65. The number of para-hydroxylation sites is 1. The molecule has 2 aromatic heterocycles. The second-order valence-electron chi connectivity index (χ2n) is 8.65. The van der Waals surface area contributed by atoms with Gasteiger partial charge in [-0.25, -0.2) is 19.0 Å². The number of hydrogen-bond acceptors (Lipinski definition) is 7. The van der Waals surface area contributed by atoms with E-state index in [1.807, 2.05) is 24.3 Å². The monoisotopic (exact) mass is 497 g/mol. The summed E-state index contributed by atoms with van der Waals surface area (Å²) in [6.07, 6.45) is 4.39. The maximum absolute atomic E-state index is 15.3. The fraction of sp³-hybridized carbons (Fsp3) is 0.222. The molecule has 0 aliphatic carbocycles. The molecular weight excluding hydrogens is 473 g/mol. The number of nitrogen functional groups attached to an aromatic ring is 1. The molecule has 1 saturated heterocycles. The van der Waals surface area contributed by atoms with E-state index in [4.69, 9.17) is 10.5 Å². The predicted octanol–water partition coefficient (Wildman–Crippen LogP) is 4.47. The number of allylic oxidation sites excluding steroid dienone is 1. The fourth-order valence-electron chi connectivity index (χ4n) is 4.61. The molecule has 1 amide bonds. The summed E-state index contributed by atoms with van der Waals surface area (Å²) in [5.74, 6) is 0.272. The number of carbonyl (C=O) groups is 1. The minimum absolute atomic E-state index is 0.101. The molecule has 2 aromatic carbocycles. The molecule has 1 aliphatic heterocycles. The summed E-state index contributed by atoms with van der Waals surface area (Å²) in [5.41, 5.74) is 7.26. The summed E-state index contributed by atoms with van der Waals surface area (Å²) in [7, 11) is 0. The van der Waals surface area contributed by atoms with Crippen LogP contribution in [0.2, 0.25) is 0 Å². The van der Waals surface area contributed by atoms with Gasteiger partial charge in [0, 0.05) is 18.2 Å². The largest absolute Gasteiger partial charge is 0.457 e. The smallest absolute Gasteiger partial charge is 0.264 e. The molecular formula is C27H24FN7O2. The lowest BCUT2D eigenvalue weighted by Gasteiger charge is -2.24. The van der Waals surface area contributed by atoms with Crippen molar-refractivity contribution in [3.63, 3.8) is 0 Å². The zero-order valence-corrected chi connectivity index (χ0v) is 20.1. The molecule has 5 rings (SSSR count). The Morgan fingerprint density at radius 3 is 2.78 bits per heavy atom. The number of halogens is 1. The van der Waals surface area contributed by atoms with Crippen LogP contribution in [0.4, 0.5) is 10.2 Å². The fourth-order valence-corrected chi connectivity index (χ4v) is 4.61. The van der Waals surface area contributed by atoms with E-state index in [0.29, 0.717) is 41.3 Å². The number of ether oxygens (including phenoxy) is 1. The van der Waals surface area contributed by atoms with Gasteiger partial charge in [-0.15, -0.1) is 0 Å². The van der Waals surface area contributed by atoms with Gasteiger partial charge in [-0.2, -0.15) is 10.4 Å². The number of anilines is 1. The van der Waals surface area contributed by atoms with Gasteiger partial charge in [0.05, 0.1) is 18.0 Å². The Balaban J connectivity index is 1.50. The van der Waals surface area contributed by atoms with Crippen LogP contribution in [0.15, 0.2) is 66.5 Å². The first-order valence-electron chi connectivity index (χ1n) is 11.9. The summed E-state index contributed by atoms with van der Waals surface area (Å²) in [5, 5.41) is 14.4. The normalized spacial score (nSPS) is 15.6. The number of amides is 1. The van der Waals surface area contributed by atoms with E-state index in [9.17, 15) is 10.1 Å². The molecule has 186 valence electrons. The van der Waals surface area contributed by atoms with Crippen molar-refractivity contribution < 1.29 is 13.9 Å². The number of likely N-dealkylation sites (tertiary alicyclic amines) is 1. The summed E-state index contributed by atoms with van der Waals surface area (Å²) in [6, 6.07) is 15.4. The third-order valence-corrected chi connectivity index (χ3v) is 6.39. The van der Waals surface area contributed by atoms with Crippen molar-refractivity contribution in [3.05, 3.63) is 72.3 Å². The highest BCUT2D eigenvalue weighted by Crippen LogP contribution is 2.34. The minimum Gasteiger partial charge on any atom is -0.457 e. The van der Waals surface area contributed by atoms with Crippen LogP contribution in [0.5, 0.6) is 11.5 Å². The number of nitriles is 1. The first-order valence-corrected chi connectivity index (χ1v) is 11.9. The summed E-state index contributed by atoms with van der Waals surface area (Å²) >= 11 is 0. The average molecular weight is 498 g/mol. The lowest BCUT2D eigenvalue weighted by molar-refractivity contribution is -0.127. The minimum atomic E-state index is -0.535. The van der Waals surface area contributed by atoms with E-state index >= 15 is 4.39 Å². The van der Waals surface area contributed by atoms with Crippen molar-refractivity contribution in [2.75, 3.05) is 12.3 Å². The highest BCUT2D eigenvalue weighted by Gasteiger charge is 2.32. The Morgan fingerprint density at radius 1 is 1.24 bits per heavy atom. The molecule has 1 fully saturated rings. The quantitative estimate of drug-likeness (QED) is 0.308. The van der Waals surface area contributed by atoms with Crippen LogP contribution < -0.4 is 10.5 Å². The molecule has 0 spiro atoms. The molecule has 2 N–H and O–H groups in total. The van der Waals surface area contributed by atoms with E-state index < -0.39 is 5.82 Å². The highest BCUT2D eigenvalue weighted by molar-refractivity contribution is 5.99. The zero-order chi connectivity index (χ0) is 25.9. The van der Waals surface area contributed by atoms with E-state index in [1.165, 1.54) is 18.5 Å². The Kier molecular flexibility index (Phi) is 6.51. The predicted molar refractivity (Wildman–Crippen MR) is 136 cm³/mol. The zero-order valence-electron chi connectivity index (χ0n) is 20.1. The van der Waals surface area contributed by atoms with Gasteiger partial charge < -0.3 is 15.4 Å². The molecule has 0 bridgehead atoms. The van der Waals surface area contributed by atoms with Crippen molar-refractivity contribution in [2.45, 2.75) is 32.4 Å². The molecule has 9 nitrogen and oxygen atoms in total. The van der Waals surface area contributed by atoms with Crippen molar-refractivity contribution >= 4 is 22.8 Å². The number of benzene rings is 2. The molecule has 1 aliphatic rings. The summed E-state index contributed by atoms with van der Waals surface area (Å²) in [6.45, 7) is 2.53. The van der Waals surface area contributed by atoms with Gasteiger partial charge >= 0.3 is 0 Å². The molecule has 0 radical (unpaired) electrons. The van der Waals surface area contributed by atoms with Crippen LogP contribution >= 0.6 is 0 Å². The van der Waals surface area contributed by atoms with Gasteiger partial charge in [-0.1, -0.05) is 24.3 Å². The number of nitrogens with zero attached hydrogens (tertiary/aromatic N) is 6. The first-order chi connectivity index (χ1) is 18.0. The van der Waals surface area contributed by atoms with E-state index in [1.54, 1.807) is 40.8 Å². The molecule has 0 saturated carbocycles. The molecule has 1 atom stereocenters. The van der Waals surface area contributed by atoms with Gasteiger partial charge in [0.2, 0.25) is 0 Å². The summed E-state index contributed by atoms with van der Waals surface area (Å²) in [4.78, 5) is 23.0. The maximum atomic E-state index is 15.3. The van der Waals surface area contributed by atoms with Crippen molar-refractivity contribution in [1.82, 2.24) is 24.6 Å². The van der Waals surface area contributed by atoms with Crippen molar-refractivity contribution in [2.24, 2.45) is 0 Å². The maximum Gasteiger partial charge on any atom is 0.264 e. The van der Waals surface area contributed by atoms with Crippen LogP contribution in [0.1, 0.15) is 19.8 Å². The van der Waals surface area contributed by atoms with Crippen LogP contribution in [0, 0.1) is 17.1 Å². The number of carbonyl (C=O) groups excluding carboxylic acids is 1. The molecule has 37 heavy (non-hydrogen) atoms. The molecule has 4 aromatic rings. The van der Waals surface area contributed by atoms with Crippen molar-refractivity contribution in [3.8, 4) is 28.8 Å². The number of hydrogen-bond donors (Lipinski definition) is 1. The van der Waals surface area contributed by atoms with Gasteiger partial charge in [0.15, 0.2) is 5.65 Å². The molecule has 10 heteroatoms. The number of fused-ring (bicyclic) bond motifs is 1. The number of rotatable bonds is 6. The van der Waals surface area contributed by atoms with E-state index in [2.05, 4.69) is 15.1 Å². The lowest BCUT2D eigenvalue weighted by Crippen LogP contribution is -2.39. The third-order valence-electron chi connectivity index (χ3n) is 6.39. The van der Waals surface area contributed by atoms with Gasteiger partial charge in [0.25, 0.3) is 5.91 Å². The average Bonchev–Trinajstić information content (AvgIpc) is 3.51. The van der Waals surface area contributed by atoms with E-state index in [0.717, 1.165) is 12.8 Å². The Hall–Kier alpha value is -4.78. The van der Waals surface area contributed by atoms with Crippen LogP contribution in [-0.2, 0) is 11.3 Å². The van der Waals surface area contributed by atoms with Crippen molar-refractivity contribution in [1.29, 1.82) is 5.26 Å². The Labute approximate surface area is 212 Å². The van der Waals surface area contributed by atoms with Crippen LogP contribution in [0.3, 0.4) is 0 Å². The molecule has 3 heterocycles. The van der Waals surface area contributed by atoms with E-state index in [-0.39, 0.29) is 28.9 Å². The standard InChI is InChI=1S/C27H24FN7O2/c1-2-17(14-29)27(36)34-12-6-7-18(34)15-35-26-23(25(30)31-16-32-26)24(33-35)21-11-10-20(13-22(21)28)37-19-8-4-3-5-9-19/h2-5,8-11,13,16,18H,6-7,12,15H2,1H3,(H2,30,31,32)/b17-2+/t18-/m0/s1. The first kappa shape index (κ1) is 23.9. The van der Waals surface area contributed by atoms with Crippen LogP contribution in [-0.4, -0.2) is 43.1 Å². The second kappa shape index (κ2) is 10.1. The van der Waals surface area contributed by atoms with Gasteiger partial charge in [-0.05, 0) is 44.0 Å². The van der Waals surface area contributed by atoms with Gasteiger partial charge in [-0.3, -0.25) is 4.79 Å². The Morgan fingerprint density at radius 2 is 2.05 bits per heavy atom. The third kappa shape index (κ3) is 4.59. The SMILES string of the molecule is C/C=C(\C#N)C(=O)N1CCC[C@H]1Cn1nc(-c2ccc(Oc3ccccc3)cc2F)c2c(N)ncnc21. The molecule has 0 unspecified atom stereocenters. The summed E-state index contributed by atoms with van der Waals surface area (Å²) < 4.78 is 22.7. The van der Waals surface area contributed by atoms with Crippen LogP contribution in [0.25, 0.3) is 22.3 Å². The number of nitrogens with two attached hydrogens (primary N) is 1. The Bertz CT molecular complexity index is 1540. The highest BCUT2D eigenvalue weighted by atomic mass is 19.1. The number of aromatic nitrogens is 4.